The molecule has 4 aliphatic rings. The quantitative estimate of drug-likeness (QED) is 0.659. The van der Waals surface area contributed by atoms with Crippen molar-refractivity contribution in [1.29, 1.82) is 0 Å². The van der Waals surface area contributed by atoms with E-state index in [1.165, 1.54) is 12.1 Å². The van der Waals surface area contributed by atoms with Crippen molar-refractivity contribution in [3.63, 3.8) is 0 Å². The number of hydrogen-bond acceptors (Lipinski definition) is 4. The summed E-state index contributed by atoms with van der Waals surface area (Å²) in [5, 5.41) is 6.54. The van der Waals surface area contributed by atoms with Crippen LogP contribution in [-0.4, -0.2) is 67.7 Å². The maximum absolute atomic E-state index is 13.5. The van der Waals surface area contributed by atoms with Crippen molar-refractivity contribution in [1.82, 2.24) is 15.1 Å². The zero-order valence-electron chi connectivity index (χ0n) is 19.9. The van der Waals surface area contributed by atoms with Gasteiger partial charge in [0.25, 0.3) is 0 Å². The predicted molar refractivity (Wildman–Crippen MR) is 128 cm³/mol. The number of ether oxygens (including phenoxy) is 1. The maximum atomic E-state index is 13.5. The van der Waals surface area contributed by atoms with Crippen molar-refractivity contribution < 1.29 is 22.7 Å². The zero-order valence-corrected chi connectivity index (χ0v) is 19.9. The molecule has 2 amide bonds. The number of alkyl halides is 3. The summed E-state index contributed by atoms with van der Waals surface area (Å²) in [4.78, 5) is 16.6. The molecule has 0 aromatic heterocycles. The third kappa shape index (κ3) is 5.21. The SMILES string of the molecule is CN1CCN(C(=O)NC[C@H]2CC[C@@H]3[C@H](O2)c2cc(C(F)(F)F)ccc2N[C@H]3C2C=CC=CC2)CC1. The molecule has 2 fully saturated rings. The lowest BCUT2D eigenvalue weighted by Crippen LogP contribution is -2.53. The van der Waals surface area contributed by atoms with Crippen LogP contribution in [0.2, 0.25) is 0 Å². The maximum Gasteiger partial charge on any atom is 0.416 e. The van der Waals surface area contributed by atoms with Gasteiger partial charge < -0.3 is 25.2 Å². The second kappa shape index (κ2) is 9.85. The van der Waals surface area contributed by atoms with Gasteiger partial charge in [-0.3, -0.25) is 0 Å². The molecule has 0 bridgehead atoms. The number of carbonyl (C=O) groups is 1. The molecule has 1 aliphatic carbocycles. The van der Waals surface area contributed by atoms with Crippen molar-refractivity contribution >= 4 is 11.7 Å². The predicted octanol–water partition coefficient (Wildman–Crippen LogP) is 4.43. The van der Waals surface area contributed by atoms with Crippen molar-refractivity contribution in [3.05, 3.63) is 53.6 Å². The number of amides is 2. The van der Waals surface area contributed by atoms with E-state index in [0.29, 0.717) is 30.9 Å². The number of likely N-dealkylation sites (N-methyl/N-ethyl adjacent to an activating group) is 1. The van der Waals surface area contributed by atoms with E-state index in [4.69, 9.17) is 4.74 Å². The number of nitrogens with zero attached hydrogens (tertiary/aromatic N) is 2. The smallest absolute Gasteiger partial charge is 0.381 e. The first-order chi connectivity index (χ1) is 16.8. The second-order valence-electron chi connectivity index (χ2n) is 10.1. The average molecular weight is 491 g/mol. The van der Waals surface area contributed by atoms with Gasteiger partial charge in [-0.05, 0) is 44.5 Å². The van der Waals surface area contributed by atoms with E-state index in [2.05, 4.69) is 27.7 Å². The highest BCUT2D eigenvalue weighted by Gasteiger charge is 2.45. The molecule has 0 radical (unpaired) electrons. The van der Waals surface area contributed by atoms with Crippen LogP contribution in [0.15, 0.2) is 42.5 Å². The monoisotopic (exact) mass is 490 g/mol. The van der Waals surface area contributed by atoms with Gasteiger partial charge >= 0.3 is 12.2 Å². The molecule has 2 saturated heterocycles. The molecule has 9 heteroatoms. The minimum absolute atomic E-state index is 0.0525. The first-order valence-electron chi connectivity index (χ1n) is 12.5. The Kier molecular flexibility index (Phi) is 6.81. The Morgan fingerprint density at radius 2 is 1.97 bits per heavy atom. The molecule has 190 valence electrons. The van der Waals surface area contributed by atoms with Crippen molar-refractivity contribution in [2.45, 2.75) is 43.7 Å². The Hall–Kier alpha value is -2.52. The molecule has 5 rings (SSSR count). The van der Waals surface area contributed by atoms with Gasteiger partial charge in [-0.25, -0.2) is 4.79 Å². The third-order valence-corrected chi connectivity index (χ3v) is 7.77. The molecule has 1 aromatic rings. The average Bonchev–Trinajstić information content (AvgIpc) is 2.86. The van der Waals surface area contributed by atoms with Crippen LogP contribution in [0.25, 0.3) is 0 Å². The van der Waals surface area contributed by atoms with Crippen LogP contribution in [0.3, 0.4) is 0 Å². The number of fused-ring (bicyclic) bond motifs is 3. The number of allylic oxidation sites excluding steroid dienone is 3. The summed E-state index contributed by atoms with van der Waals surface area (Å²) in [6, 6.07) is 3.87. The second-order valence-corrected chi connectivity index (χ2v) is 10.1. The number of piperazine rings is 1. The van der Waals surface area contributed by atoms with Crippen LogP contribution in [0, 0.1) is 11.8 Å². The first kappa shape index (κ1) is 24.2. The summed E-state index contributed by atoms with van der Waals surface area (Å²) in [6.07, 6.45) is 5.72. The van der Waals surface area contributed by atoms with E-state index in [-0.39, 0.29) is 30.0 Å². The molecule has 2 N–H and O–H groups in total. The lowest BCUT2D eigenvalue weighted by molar-refractivity contribution is -0.138. The zero-order chi connectivity index (χ0) is 24.6. The van der Waals surface area contributed by atoms with Crippen LogP contribution in [0.5, 0.6) is 0 Å². The van der Waals surface area contributed by atoms with E-state index < -0.39 is 17.8 Å². The van der Waals surface area contributed by atoms with Gasteiger partial charge in [-0.2, -0.15) is 13.2 Å². The van der Waals surface area contributed by atoms with Crippen LogP contribution in [0.4, 0.5) is 23.7 Å². The minimum atomic E-state index is -4.41. The van der Waals surface area contributed by atoms with Gasteiger partial charge in [-0.1, -0.05) is 24.3 Å². The molecule has 0 spiro atoms. The fraction of sp³-hybridized carbons (Fsp3) is 0.577. The van der Waals surface area contributed by atoms with E-state index >= 15 is 0 Å². The summed E-state index contributed by atoms with van der Waals surface area (Å²) < 4.78 is 47.0. The number of halogens is 3. The van der Waals surface area contributed by atoms with Gasteiger partial charge in [0.2, 0.25) is 0 Å². The van der Waals surface area contributed by atoms with Crippen LogP contribution < -0.4 is 10.6 Å². The molecule has 35 heavy (non-hydrogen) atoms. The van der Waals surface area contributed by atoms with Gasteiger partial charge in [0, 0.05) is 61.9 Å². The van der Waals surface area contributed by atoms with Crippen LogP contribution in [0.1, 0.15) is 36.5 Å². The molecular formula is C26H33F3N4O2. The first-order valence-corrected chi connectivity index (χ1v) is 12.5. The molecule has 1 aromatic carbocycles. The van der Waals surface area contributed by atoms with Gasteiger partial charge in [-0.15, -0.1) is 0 Å². The fourth-order valence-corrected chi connectivity index (χ4v) is 5.73. The van der Waals surface area contributed by atoms with E-state index in [1.807, 2.05) is 19.2 Å². The Balaban J connectivity index is 1.32. The van der Waals surface area contributed by atoms with Crippen molar-refractivity contribution in [2.24, 2.45) is 11.8 Å². The van der Waals surface area contributed by atoms with Crippen molar-refractivity contribution in [2.75, 3.05) is 45.1 Å². The molecule has 5 atom stereocenters. The van der Waals surface area contributed by atoms with Crippen LogP contribution in [-0.2, 0) is 10.9 Å². The third-order valence-electron chi connectivity index (χ3n) is 7.77. The van der Waals surface area contributed by atoms with E-state index in [1.54, 1.807) is 4.90 Å². The Bertz CT molecular complexity index is 987. The lowest BCUT2D eigenvalue weighted by Gasteiger charge is -2.47. The van der Waals surface area contributed by atoms with Gasteiger partial charge in [0.1, 0.15) is 0 Å². The number of carbonyl (C=O) groups excluding carboxylic acids is 1. The van der Waals surface area contributed by atoms with E-state index in [9.17, 15) is 18.0 Å². The Labute approximate surface area is 204 Å². The normalized spacial score (nSPS) is 30.9. The topological polar surface area (TPSA) is 56.8 Å². The lowest BCUT2D eigenvalue weighted by atomic mass is 9.73. The fourth-order valence-electron chi connectivity index (χ4n) is 5.73. The summed E-state index contributed by atoms with van der Waals surface area (Å²) >= 11 is 0. The van der Waals surface area contributed by atoms with Crippen molar-refractivity contribution in [3.8, 4) is 0 Å². The van der Waals surface area contributed by atoms with Gasteiger partial charge in [0.15, 0.2) is 0 Å². The number of hydrogen-bond donors (Lipinski definition) is 2. The summed E-state index contributed by atoms with van der Waals surface area (Å²) in [5.74, 6) is 0.303. The standard InChI is InChI=1S/C26H33F3N4O2/c1-32-11-13-33(14-12-32)25(34)30-16-19-8-9-20-23(17-5-3-2-4-6-17)31-22-10-7-18(26(27,28)29)15-21(22)24(20)35-19/h2-5,7,10,15,17,19-20,23-24,31H,6,8-9,11-14,16H2,1H3,(H,30,34)/t17?,19-,20+,23+,24+/m1/s1. The number of benzene rings is 1. The minimum Gasteiger partial charge on any atom is -0.381 e. The Morgan fingerprint density at radius 1 is 1.17 bits per heavy atom. The highest BCUT2D eigenvalue weighted by Crippen LogP contribution is 2.49. The summed E-state index contributed by atoms with van der Waals surface area (Å²) in [6.45, 7) is 3.40. The number of nitrogens with one attached hydrogen (secondary N) is 2. The molecule has 6 nitrogen and oxygen atoms in total. The molecule has 0 saturated carbocycles. The number of anilines is 1. The Morgan fingerprint density at radius 3 is 2.69 bits per heavy atom. The highest BCUT2D eigenvalue weighted by molar-refractivity contribution is 5.74. The molecular weight excluding hydrogens is 457 g/mol. The van der Waals surface area contributed by atoms with Crippen LogP contribution >= 0.6 is 0 Å². The number of rotatable bonds is 3. The molecule has 3 aliphatic heterocycles. The summed E-state index contributed by atoms with van der Waals surface area (Å²) in [5.41, 5.74) is 0.602. The molecule has 1 unspecified atom stereocenters. The summed E-state index contributed by atoms with van der Waals surface area (Å²) in [7, 11) is 2.04. The molecule has 3 heterocycles. The van der Waals surface area contributed by atoms with Gasteiger partial charge in [0.05, 0.1) is 17.8 Å². The number of urea groups is 1. The largest absolute Gasteiger partial charge is 0.416 e. The highest BCUT2D eigenvalue weighted by atomic mass is 19.4. The van der Waals surface area contributed by atoms with E-state index in [0.717, 1.165) is 38.4 Å².